The van der Waals surface area contributed by atoms with Crippen molar-refractivity contribution >= 4 is 17.2 Å². The number of rotatable bonds is 6. The number of hydrogen-bond donors (Lipinski definition) is 2. The highest BCUT2D eigenvalue weighted by atomic mass is 19.1. The van der Waals surface area contributed by atoms with Crippen molar-refractivity contribution < 1.29 is 9.18 Å². The summed E-state index contributed by atoms with van der Waals surface area (Å²) in [4.78, 5) is 42.4. The number of pyridine rings is 1. The van der Waals surface area contributed by atoms with E-state index in [-0.39, 0.29) is 22.9 Å². The zero-order valence-electron chi connectivity index (χ0n) is 19.2. The molecule has 0 aliphatic carbocycles. The van der Waals surface area contributed by atoms with Gasteiger partial charge in [0.25, 0.3) is 5.56 Å². The Morgan fingerprint density at radius 3 is 2.69 bits per heavy atom. The summed E-state index contributed by atoms with van der Waals surface area (Å²) in [6, 6.07) is 4.96. The van der Waals surface area contributed by atoms with Crippen LogP contribution in [0.25, 0.3) is 16.9 Å². The minimum atomic E-state index is -0.453. The number of carbonyl (C=O) groups excluding carboxylic acids is 1. The van der Waals surface area contributed by atoms with Crippen molar-refractivity contribution in [2.45, 2.75) is 38.0 Å². The molecule has 0 spiro atoms. The Morgan fingerprint density at radius 1 is 1.14 bits per heavy atom. The van der Waals surface area contributed by atoms with E-state index >= 15 is 0 Å². The van der Waals surface area contributed by atoms with Crippen molar-refractivity contribution in [2.24, 2.45) is 0 Å². The van der Waals surface area contributed by atoms with Gasteiger partial charge in [0.2, 0.25) is 5.91 Å². The summed E-state index contributed by atoms with van der Waals surface area (Å²) < 4.78 is 14.9. The Hall–Kier alpha value is -4.08. The minimum Gasteiger partial charge on any atom is -0.383 e. The number of halogens is 1. The molecular weight excluding hydrogens is 449 g/mol. The van der Waals surface area contributed by atoms with E-state index in [1.165, 1.54) is 16.7 Å². The van der Waals surface area contributed by atoms with E-state index in [1.54, 1.807) is 30.9 Å². The van der Waals surface area contributed by atoms with Gasteiger partial charge in [-0.2, -0.15) is 0 Å². The molecule has 0 radical (unpaired) electrons. The van der Waals surface area contributed by atoms with Gasteiger partial charge >= 0.3 is 0 Å². The summed E-state index contributed by atoms with van der Waals surface area (Å²) in [5, 5.41) is 0. The van der Waals surface area contributed by atoms with E-state index in [1.807, 2.05) is 11.0 Å². The number of nitrogens with zero attached hydrogens (tertiary/aromatic N) is 5. The largest absolute Gasteiger partial charge is 0.383 e. The number of aromatic nitrogens is 5. The quantitative estimate of drug-likeness (QED) is 0.442. The molecule has 4 aromatic rings. The van der Waals surface area contributed by atoms with Crippen molar-refractivity contribution in [3.63, 3.8) is 0 Å². The zero-order chi connectivity index (χ0) is 24.4. The summed E-state index contributed by atoms with van der Waals surface area (Å²) in [7, 11) is 0. The number of amides is 1. The molecule has 0 bridgehead atoms. The molecule has 9 nitrogen and oxygen atoms in total. The molecule has 0 saturated carbocycles. The van der Waals surface area contributed by atoms with Crippen molar-refractivity contribution in [1.82, 2.24) is 29.2 Å². The number of anilines is 1. The second-order valence-electron chi connectivity index (χ2n) is 8.84. The maximum atomic E-state index is 13.4. The molecule has 3 N–H and O–H groups in total. The van der Waals surface area contributed by atoms with Crippen LogP contribution in [0.15, 0.2) is 54.0 Å². The molecule has 0 atom stereocenters. The number of carbonyl (C=O) groups is 1. The van der Waals surface area contributed by atoms with Gasteiger partial charge in [-0.1, -0.05) is 0 Å². The summed E-state index contributed by atoms with van der Waals surface area (Å²) in [6.45, 7) is 1.35. The van der Waals surface area contributed by atoms with Gasteiger partial charge in [0, 0.05) is 62.3 Å². The fourth-order valence-electron chi connectivity index (χ4n) is 4.65. The number of hydrogen-bond acceptors (Lipinski definition) is 6. The second kappa shape index (κ2) is 9.65. The lowest BCUT2D eigenvalue weighted by Gasteiger charge is -2.32. The van der Waals surface area contributed by atoms with Gasteiger partial charge in [0.05, 0.1) is 5.56 Å². The lowest BCUT2D eigenvalue weighted by Crippen LogP contribution is -2.37. The molecule has 5 heterocycles. The number of H-pyrrole nitrogens is 1. The first-order valence-electron chi connectivity index (χ1n) is 11.7. The lowest BCUT2D eigenvalue weighted by molar-refractivity contribution is -0.132. The van der Waals surface area contributed by atoms with Crippen LogP contribution in [-0.4, -0.2) is 48.2 Å². The number of fused-ring (bicyclic) bond motifs is 1. The normalized spacial score (nSPS) is 14.5. The Morgan fingerprint density at radius 2 is 1.91 bits per heavy atom. The highest BCUT2D eigenvalue weighted by Gasteiger charge is 2.24. The monoisotopic (exact) mass is 475 g/mol. The van der Waals surface area contributed by atoms with E-state index < -0.39 is 5.82 Å². The Labute approximate surface area is 200 Å². The SMILES string of the molecule is Nc1ncc(C2CCN(C(=O)CCCc3cn4cc(F)cc4c(=O)[nH]3)CC2)cc1-c1ncccn1. The number of likely N-dealkylation sites (tertiary alicyclic amines) is 1. The highest BCUT2D eigenvalue weighted by Crippen LogP contribution is 2.31. The van der Waals surface area contributed by atoms with Crippen LogP contribution in [0.3, 0.4) is 0 Å². The van der Waals surface area contributed by atoms with Crippen molar-refractivity contribution in [1.29, 1.82) is 0 Å². The first-order valence-corrected chi connectivity index (χ1v) is 11.7. The predicted octanol–water partition coefficient (Wildman–Crippen LogP) is 2.93. The number of nitrogens with two attached hydrogens (primary N) is 1. The number of aryl methyl sites for hydroxylation is 1. The van der Waals surface area contributed by atoms with Crippen LogP contribution < -0.4 is 11.3 Å². The maximum Gasteiger partial charge on any atom is 0.272 e. The molecule has 180 valence electrons. The predicted molar refractivity (Wildman–Crippen MR) is 129 cm³/mol. The third-order valence-electron chi connectivity index (χ3n) is 6.52. The van der Waals surface area contributed by atoms with Gasteiger partial charge in [0.15, 0.2) is 5.82 Å². The highest BCUT2D eigenvalue weighted by molar-refractivity contribution is 5.76. The molecule has 1 fully saturated rings. The average molecular weight is 476 g/mol. The lowest BCUT2D eigenvalue weighted by atomic mass is 9.89. The standard InChI is InChI=1S/C25H26FN7O2/c26-18-12-21-25(35)31-19(15-33(21)14-18)3-1-4-22(34)32-9-5-16(6-10-32)17-11-20(23(27)30-13-17)24-28-7-2-8-29-24/h2,7-8,11-16H,1,3-6,9-10H2,(H2,27,30)(H,31,35). The van der Waals surface area contributed by atoms with Crippen LogP contribution in [0.4, 0.5) is 10.2 Å². The molecule has 1 saturated heterocycles. The van der Waals surface area contributed by atoms with Crippen LogP contribution in [0.2, 0.25) is 0 Å². The van der Waals surface area contributed by atoms with Gasteiger partial charge in [-0.3, -0.25) is 9.59 Å². The summed E-state index contributed by atoms with van der Waals surface area (Å²) >= 11 is 0. The molecule has 5 rings (SSSR count). The van der Waals surface area contributed by atoms with Gasteiger partial charge in [-0.25, -0.2) is 19.3 Å². The van der Waals surface area contributed by atoms with E-state index in [4.69, 9.17) is 5.73 Å². The first kappa shape index (κ1) is 22.7. The molecule has 0 aromatic carbocycles. The smallest absolute Gasteiger partial charge is 0.272 e. The number of piperidine rings is 1. The van der Waals surface area contributed by atoms with Crippen LogP contribution in [0.5, 0.6) is 0 Å². The number of aromatic amines is 1. The van der Waals surface area contributed by atoms with E-state index in [9.17, 15) is 14.0 Å². The molecular formula is C25H26FN7O2. The van der Waals surface area contributed by atoms with E-state index in [0.717, 1.165) is 24.0 Å². The second-order valence-corrected chi connectivity index (χ2v) is 8.84. The van der Waals surface area contributed by atoms with E-state index in [0.29, 0.717) is 49.7 Å². The van der Waals surface area contributed by atoms with Crippen molar-refractivity contribution in [2.75, 3.05) is 18.8 Å². The average Bonchev–Trinajstić information content (AvgIpc) is 3.26. The zero-order valence-corrected chi connectivity index (χ0v) is 19.2. The fourth-order valence-corrected chi connectivity index (χ4v) is 4.65. The molecule has 4 aromatic heterocycles. The van der Waals surface area contributed by atoms with E-state index in [2.05, 4.69) is 19.9 Å². The van der Waals surface area contributed by atoms with Crippen LogP contribution in [0, 0.1) is 5.82 Å². The third-order valence-corrected chi connectivity index (χ3v) is 6.52. The van der Waals surface area contributed by atoms with Crippen molar-refractivity contribution in [3.8, 4) is 11.4 Å². The number of nitrogen functional groups attached to an aromatic ring is 1. The van der Waals surface area contributed by atoms with Crippen LogP contribution in [0.1, 0.15) is 42.9 Å². The molecule has 1 aliphatic rings. The topological polar surface area (TPSA) is 122 Å². The Bertz CT molecular complexity index is 1410. The summed E-state index contributed by atoms with van der Waals surface area (Å²) in [5.41, 5.74) is 8.47. The number of nitrogens with one attached hydrogen (secondary N) is 1. The van der Waals surface area contributed by atoms with Crippen molar-refractivity contribution in [3.05, 3.63) is 76.6 Å². The Balaban J connectivity index is 1.15. The minimum absolute atomic E-state index is 0.104. The third kappa shape index (κ3) is 4.91. The molecule has 0 unspecified atom stereocenters. The Kier molecular flexibility index (Phi) is 6.26. The fraction of sp³-hybridized carbons (Fsp3) is 0.320. The van der Waals surface area contributed by atoms with Gasteiger partial charge in [-0.15, -0.1) is 0 Å². The van der Waals surface area contributed by atoms with Gasteiger partial charge < -0.3 is 20.0 Å². The molecule has 10 heteroatoms. The molecule has 35 heavy (non-hydrogen) atoms. The molecule has 1 amide bonds. The van der Waals surface area contributed by atoms with Gasteiger partial charge in [0.1, 0.15) is 17.2 Å². The maximum absolute atomic E-state index is 13.4. The summed E-state index contributed by atoms with van der Waals surface area (Å²) in [5.74, 6) is 0.885. The first-order chi connectivity index (χ1) is 17.0. The van der Waals surface area contributed by atoms with Crippen LogP contribution >= 0.6 is 0 Å². The molecule has 1 aliphatic heterocycles. The summed E-state index contributed by atoms with van der Waals surface area (Å²) in [6.07, 6.45) is 11.3. The van der Waals surface area contributed by atoms with Crippen LogP contribution in [-0.2, 0) is 11.2 Å². The van der Waals surface area contributed by atoms with Gasteiger partial charge in [-0.05, 0) is 49.3 Å².